The lowest BCUT2D eigenvalue weighted by molar-refractivity contribution is -0.140. The summed E-state index contributed by atoms with van der Waals surface area (Å²) in [5.41, 5.74) is 4.85. The Morgan fingerprint density at radius 1 is 1.15 bits per heavy atom. The van der Waals surface area contributed by atoms with Gasteiger partial charge in [-0.1, -0.05) is 42.5 Å². The first kappa shape index (κ1) is 23.7. The molecule has 9 heteroatoms. The Balaban J connectivity index is 1.34. The number of nitrogens with one attached hydrogen (secondary N) is 4. The van der Waals surface area contributed by atoms with Crippen LogP contribution in [0.15, 0.2) is 60.3 Å². The maximum Gasteiger partial charge on any atom is 0.407 e. The zero-order chi connectivity index (χ0) is 23.9. The average Bonchev–Trinajstić information content (AvgIpc) is 3.36. The van der Waals surface area contributed by atoms with Gasteiger partial charge in [-0.15, -0.1) is 0 Å². The van der Waals surface area contributed by atoms with Gasteiger partial charge in [-0.25, -0.2) is 4.79 Å². The third-order valence-electron chi connectivity index (χ3n) is 6.02. The topological polar surface area (TPSA) is 115 Å². The van der Waals surface area contributed by atoms with Crippen LogP contribution in [0, 0.1) is 5.92 Å². The fourth-order valence-electron chi connectivity index (χ4n) is 4.20. The van der Waals surface area contributed by atoms with Crippen LogP contribution in [-0.2, 0) is 29.1 Å². The van der Waals surface area contributed by atoms with Crippen molar-refractivity contribution in [2.45, 2.75) is 25.9 Å². The van der Waals surface area contributed by atoms with Gasteiger partial charge in [-0.05, 0) is 34.8 Å². The van der Waals surface area contributed by atoms with Crippen LogP contribution in [0.1, 0.15) is 16.7 Å². The van der Waals surface area contributed by atoms with Crippen LogP contribution in [0.5, 0.6) is 0 Å². The fraction of sp³-hybridized carbons (Fsp3) is 0.360. The van der Waals surface area contributed by atoms with Crippen LogP contribution < -0.4 is 26.2 Å². The number of carbonyl (C=O) groups excluding carboxylic acids is 1. The van der Waals surface area contributed by atoms with E-state index in [9.17, 15) is 14.7 Å². The second kappa shape index (κ2) is 11.1. The molecule has 5 N–H and O–H groups in total. The minimum Gasteiger partial charge on any atom is -0.481 e. The maximum absolute atomic E-state index is 12.1. The second-order valence-electron chi connectivity index (χ2n) is 8.51. The SMILES string of the molecule is CN1C=C(C(CNC(=O)OCc2ccccc2)C(=O)O)Cc2ccc(CNC3NCCN3)cc21. The number of ether oxygens (including phenoxy) is 1. The summed E-state index contributed by atoms with van der Waals surface area (Å²) in [5, 5.41) is 22.5. The molecule has 2 aromatic rings. The van der Waals surface area contributed by atoms with Gasteiger partial charge in [0.1, 0.15) is 12.9 Å². The average molecular weight is 466 g/mol. The number of carbonyl (C=O) groups is 2. The van der Waals surface area contributed by atoms with Crippen LogP contribution in [0.25, 0.3) is 0 Å². The molecule has 0 radical (unpaired) electrons. The van der Waals surface area contributed by atoms with E-state index in [1.165, 1.54) is 0 Å². The van der Waals surface area contributed by atoms with E-state index in [1.807, 2.05) is 54.5 Å². The van der Waals surface area contributed by atoms with Crippen molar-refractivity contribution in [3.8, 4) is 0 Å². The Bertz CT molecular complexity index is 1040. The van der Waals surface area contributed by atoms with Crippen LogP contribution in [-0.4, -0.2) is 50.1 Å². The molecule has 0 aromatic heterocycles. The number of rotatable bonds is 9. The van der Waals surface area contributed by atoms with Gasteiger partial charge in [0.25, 0.3) is 0 Å². The third kappa shape index (κ3) is 6.13. The Morgan fingerprint density at radius 2 is 1.91 bits per heavy atom. The number of anilines is 1. The molecule has 9 nitrogen and oxygen atoms in total. The highest BCUT2D eigenvalue weighted by Crippen LogP contribution is 2.32. The van der Waals surface area contributed by atoms with Crippen LogP contribution >= 0.6 is 0 Å². The van der Waals surface area contributed by atoms with E-state index < -0.39 is 18.0 Å². The van der Waals surface area contributed by atoms with E-state index in [2.05, 4.69) is 33.4 Å². The number of amides is 1. The first-order valence-electron chi connectivity index (χ1n) is 11.4. The Kier molecular flexibility index (Phi) is 7.79. The largest absolute Gasteiger partial charge is 0.481 e. The van der Waals surface area contributed by atoms with Gasteiger partial charge in [0.05, 0.1) is 5.92 Å². The minimum atomic E-state index is -0.983. The second-order valence-corrected chi connectivity index (χ2v) is 8.51. The van der Waals surface area contributed by atoms with Gasteiger partial charge in [0.2, 0.25) is 0 Å². The number of carboxylic acid groups (broad SMARTS) is 1. The van der Waals surface area contributed by atoms with Gasteiger partial charge in [-0.3, -0.25) is 20.7 Å². The number of fused-ring (bicyclic) bond motifs is 1. The lowest BCUT2D eigenvalue weighted by Crippen LogP contribution is -2.44. The Hall–Kier alpha value is -3.40. The molecule has 1 fully saturated rings. The van der Waals surface area contributed by atoms with Crippen molar-refractivity contribution in [2.75, 3.05) is 31.6 Å². The summed E-state index contributed by atoms with van der Waals surface area (Å²) in [4.78, 5) is 26.1. The molecule has 1 atom stereocenters. The molecule has 2 aromatic carbocycles. The number of alkyl carbamates (subject to hydrolysis) is 1. The number of benzene rings is 2. The van der Waals surface area contributed by atoms with Gasteiger partial charge in [-0.2, -0.15) is 0 Å². The summed E-state index contributed by atoms with van der Waals surface area (Å²) in [6.45, 7) is 2.70. The summed E-state index contributed by atoms with van der Waals surface area (Å²) < 4.78 is 5.21. The van der Waals surface area contributed by atoms with Gasteiger partial charge in [0.15, 0.2) is 0 Å². The summed E-state index contributed by atoms with van der Waals surface area (Å²) in [7, 11) is 1.91. The molecule has 0 bridgehead atoms. The minimum absolute atomic E-state index is 0.0403. The lowest BCUT2D eigenvalue weighted by Gasteiger charge is -2.29. The van der Waals surface area contributed by atoms with Crippen LogP contribution in [0.2, 0.25) is 0 Å². The highest BCUT2D eigenvalue weighted by molar-refractivity contribution is 5.77. The number of nitrogens with zero attached hydrogens (tertiary/aromatic N) is 1. The molecule has 1 saturated heterocycles. The fourth-order valence-corrected chi connectivity index (χ4v) is 4.20. The molecule has 2 aliphatic heterocycles. The summed E-state index contributed by atoms with van der Waals surface area (Å²) in [5.74, 6) is -1.83. The number of hydrogen-bond donors (Lipinski definition) is 5. The van der Waals surface area contributed by atoms with E-state index in [0.717, 1.165) is 47.6 Å². The monoisotopic (exact) mass is 465 g/mol. The van der Waals surface area contributed by atoms with Gasteiger partial charge in [0, 0.05) is 45.1 Å². The molecule has 1 unspecified atom stereocenters. The van der Waals surface area contributed by atoms with Crippen molar-refractivity contribution in [3.63, 3.8) is 0 Å². The van der Waals surface area contributed by atoms with Crippen molar-refractivity contribution in [1.29, 1.82) is 0 Å². The molecule has 2 heterocycles. The predicted octanol–water partition coefficient (Wildman–Crippen LogP) is 1.76. The van der Waals surface area contributed by atoms with Crippen LogP contribution in [0.3, 0.4) is 0 Å². The van der Waals surface area contributed by atoms with Crippen molar-refractivity contribution in [2.24, 2.45) is 5.92 Å². The number of hydrogen-bond acceptors (Lipinski definition) is 7. The highest BCUT2D eigenvalue weighted by Gasteiger charge is 2.27. The normalized spacial score (nSPS) is 16.5. The number of aliphatic carboxylic acids is 1. The molecule has 2 aliphatic rings. The molecular formula is C25H31N5O4. The summed E-state index contributed by atoms with van der Waals surface area (Å²) in [6, 6.07) is 15.6. The molecule has 0 spiro atoms. The first-order valence-corrected chi connectivity index (χ1v) is 11.4. The molecule has 180 valence electrons. The van der Waals surface area contributed by atoms with Gasteiger partial charge < -0.3 is 20.1 Å². The van der Waals surface area contributed by atoms with Crippen molar-refractivity contribution < 1.29 is 19.4 Å². The lowest BCUT2D eigenvalue weighted by atomic mass is 9.89. The quantitative estimate of drug-likeness (QED) is 0.381. The van der Waals surface area contributed by atoms with Gasteiger partial charge >= 0.3 is 12.1 Å². The maximum atomic E-state index is 12.1. The van der Waals surface area contributed by atoms with E-state index in [4.69, 9.17) is 4.74 Å². The third-order valence-corrected chi connectivity index (χ3v) is 6.02. The zero-order valence-electron chi connectivity index (χ0n) is 19.2. The summed E-state index contributed by atoms with van der Waals surface area (Å²) in [6.07, 6.45) is 1.85. The van der Waals surface area contributed by atoms with E-state index in [-0.39, 0.29) is 19.4 Å². The smallest absolute Gasteiger partial charge is 0.407 e. The molecule has 0 aliphatic carbocycles. The first-order chi connectivity index (χ1) is 16.5. The van der Waals surface area contributed by atoms with E-state index in [0.29, 0.717) is 6.42 Å². The Morgan fingerprint density at radius 3 is 2.65 bits per heavy atom. The van der Waals surface area contributed by atoms with E-state index >= 15 is 0 Å². The predicted molar refractivity (Wildman–Crippen MR) is 129 cm³/mol. The summed E-state index contributed by atoms with van der Waals surface area (Å²) >= 11 is 0. The van der Waals surface area contributed by atoms with E-state index in [1.54, 1.807) is 0 Å². The van der Waals surface area contributed by atoms with Crippen LogP contribution in [0.4, 0.5) is 10.5 Å². The molecule has 1 amide bonds. The zero-order valence-corrected chi connectivity index (χ0v) is 19.2. The van der Waals surface area contributed by atoms with Crippen molar-refractivity contribution in [3.05, 3.63) is 77.0 Å². The molecule has 4 rings (SSSR count). The van der Waals surface area contributed by atoms with Crippen molar-refractivity contribution in [1.82, 2.24) is 21.3 Å². The number of carboxylic acids is 1. The van der Waals surface area contributed by atoms with Crippen molar-refractivity contribution >= 4 is 17.7 Å². The Labute approximate surface area is 199 Å². The molecular weight excluding hydrogens is 434 g/mol. The molecule has 0 saturated carbocycles. The highest BCUT2D eigenvalue weighted by atomic mass is 16.5. The molecule has 34 heavy (non-hydrogen) atoms. The standard InChI is InChI=1S/C25H31N5O4/c1-30-15-20(12-19-8-7-18(11-22(19)30)13-28-24-26-9-10-27-24)21(23(31)32)14-29-25(33)34-16-17-5-3-2-4-6-17/h2-8,11,15,21,24,26-28H,9-10,12-14,16H2,1H3,(H,29,33)(H,31,32).